The van der Waals surface area contributed by atoms with Crippen LogP contribution >= 0.6 is 0 Å². The molecule has 9 nitrogen and oxygen atoms in total. The van der Waals surface area contributed by atoms with Gasteiger partial charge in [0.05, 0.1) is 32.3 Å². The number of methoxy groups -OCH3 is 1. The van der Waals surface area contributed by atoms with Crippen LogP contribution in [0, 0.1) is 23.2 Å². The van der Waals surface area contributed by atoms with Crippen LogP contribution < -0.4 is 14.8 Å². The lowest BCUT2D eigenvalue weighted by molar-refractivity contribution is -0.145. The van der Waals surface area contributed by atoms with Gasteiger partial charge in [-0.3, -0.25) is 9.59 Å². The minimum atomic E-state index is -1.07. The number of ether oxygens (including phenoxy) is 2. The van der Waals surface area contributed by atoms with E-state index in [1.807, 2.05) is 11.8 Å². The summed E-state index contributed by atoms with van der Waals surface area (Å²) in [4.78, 5) is 29.3. The summed E-state index contributed by atoms with van der Waals surface area (Å²) in [6.45, 7) is 2.23. The van der Waals surface area contributed by atoms with E-state index < -0.39 is 24.2 Å². The number of hydrogen-bond acceptors (Lipinski definition) is 7. The Hall–Kier alpha value is -2.62. The van der Waals surface area contributed by atoms with Crippen LogP contribution in [0.25, 0.3) is 0 Å². The van der Waals surface area contributed by atoms with Crippen LogP contribution in [0.15, 0.2) is 23.8 Å². The van der Waals surface area contributed by atoms with Crippen molar-refractivity contribution in [1.29, 1.82) is 0 Å². The molecule has 1 heterocycles. The molecule has 5 aliphatic carbocycles. The molecular weight excluding hydrogens is 524 g/mol. The fraction of sp³-hybridized carbons (Fsp3) is 0.688. The zero-order valence-electron chi connectivity index (χ0n) is 24.2. The fourth-order valence-corrected chi connectivity index (χ4v) is 9.18. The topological polar surface area (TPSA) is 129 Å². The number of amides is 2. The predicted octanol–water partition coefficient (Wildman–Crippen LogP) is 2.66. The zero-order valence-corrected chi connectivity index (χ0v) is 24.2. The van der Waals surface area contributed by atoms with Gasteiger partial charge in [0.2, 0.25) is 11.8 Å². The predicted molar refractivity (Wildman–Crippen MR) is 151 cm³/mol. The highest BCUT2D eigenvalue weighted by atomic mass is 16.5. The molecule has 0 spiro atoms. The molecule has 4 N–H and O–H groups in total. The standard InChI is InChI=1S/C32H44N2O7/c1-3-4-26(37)34(17-32-13-18-7-19(14-32)9-20(8-18)15-32)24-12-23(31(39)33-5-6-35)27-22-10-21(16-36)11-25(40-2)29(22)41-30(27)28(24)38/h10-12,18-20,24,27-28,30,35-36,38H,3-9,13-17H2,1-2H3,(H,33,39). The van der Waals surface area contributed by atoms with Crippen molar-refractivity contribution in [3.05, 3.63) is 34.9 Å². The molecule has 1 aliphatic heterocycles. The first-order chi connectivity index (χ1) is 19.8. The van der Waals surface area contributed by atoms with E-state index in [1.54, 1.807) is 18.2 Å². The maximum Gasteiger partial charge on any atom is 0.247 e. The minimum absolute atomic E-state index is 0.00669. The maximum atomic E-state index is 13.8. The third-order valence-electron chi connectivity index (χ3n) is 10.3. The van der Waals surface area contributed by atoms with Crippen molar-refractivity contribution in [2.45, 2.75) is 89.1 Å². The van der Waals surface area contributed by atoms with Crippen LogP contribution in [0.2, 0.25) is 0 Å². The Balaban J connectivity index is 1.40. The summed E-state index contributed by atoms with van der Waals surface area (Å²) in [5.74, 6) is 2.04. The molecule has 1 aromatic rings. The van der Waals surface area contributed by atoms with Crippen molar-refractivity contribution in [2.24, 2.45) is 23.2 Å². The first kappa shape index (κ1) is 28.5. The molecule has 9 heteroatoms. The van der Waals surface area contributed by atoms with E-state index in [1.165, 1.54) is 26.4 Å². The summed E-state index contributed by atoms with van der Waals surface area (Å²) in [6.07, 6.45) is 8.24. The molecule has 7 rings (SSSR count). The van der Waals surface area contributed by atoms with Crippen molar-refractivity contribution in [2.75, 3.05) is 26.8 Å². The van der Waals surface area contributed by atoms with Crippen molar-refractivity contribution in [1.82, 2.24) is 10.2 Å². The van der Waals surface area contributed by atoms with Gasteiger partial charge >= 0.3 is 0 Å². The van der Waals surface area contributed by atoms with Gasteiger partial charge in [-0.2, -0.15) is 0 Å². The summed E-state index contributed by atoms with van der Waals surface area (Å²) in [6, 6.07) is 2.76. The lowest BCUT2D eigenvalue weighted by atomic mass is 9.49. The minimum Gasteiger partial charge on any atom is -0.493 e. The Morgan fingerprint density at radius 2 is 1.80 bits per heavy atom. The molecule has 4 bridgehead atoms. The highest BCUT2D eigenvalue weighted by molar-refractivity contribution is 5.96. The second-order valence-corrected chi connectivity index (χ2v) is 13.2. The highest BCUT2D eigenvalue weighted by Gasteiger charge is 2.55. The van der Waals surface area contributed by atoms with Gasteiger partial charge in [-0.05, 0) is 91.9 Å². The first-order valence-electron chi connectivity index (χ1n) is 15.4. The number of benzene rings is 1. The second-order valence-electron chi connectivity index (χ2n) is 13.2. The van der Waals surface area contributed by atoms with Gasteiger partial charge in [-0.1, -0.05) is 6.92 Å². The molecule has 41 heavy (non-hydrogen) atoms. The molecule has 0 radical (unpaired) electrons. The third-order valence-corrected chi connectivity index (χ3v) is 10.3. The van der Waals surface area contributed by atoms with E-state index in [-0.39, 0.29) is 37.0 Å². The monoisotopic (exact) mass is 568 g/mol. The Bertz CT molecular complexity index is 1180. The molecule has 0 aromatic heterocycles. The van der Waals surface area contributed by atoms with E-state index in [9.17, 15) is 24.9 Å². The van der Waals surface area contributed by atoms with Crippen molar-refractivity contribution in [3.8, 4) is 11.5 Å². The van der Waals surface area contributed by atoms with Crippen LogP contribution in [-0.2, 0) is 16.2 Å². The average Bonchev–Trinajstić information content (AvgIpc) is 3.34. The lowest BCUT2D eigenvalue weighted by Gasteiger charge is -2.58. The zero-order chi connectivity index (χ0) is 28.9. The van der Waals surface area contributed by atoms with Gasteiger partial charge in [0, 0.05) is 30.6 Å². The lowest BCUT2D eigenvalue weighted by Crippen LogP contribution is -2.59. The third kappa shape index (κ3) is 5.04. The molecule has 4 unspecified atom stereocenters. The molecule has 4 atom stereocenters. The Morgan fingerprint density at radius 1 is 1.12 bits per heavy atom. The molecule has 0 saturated heterocycles. The molecule has 1 aromatic carbocycles. The molecule has 224 valence electrons. The number of rotatable bonds is 10. The summed E-state index contributed by atoms with van der Waals surface area (Å²) in [7, 11) is 1.52. The van der Waals surface area contributed by atoms with E-state index >= 15 is 0 Å². The Morgan fingerprint density at radius 3 is 2.39 bits per heavy atom. The molecule has 2 amide bonds. The number of fused-ring (bicyclic) bond motifs is 3. The number of hydrogen-bond donors (Lipinski definition) is 4. The summed E-state index contributed by atoms with van der Waals surface area (Å²) >= 11 is 0. The highest BCUT2D eigenvalue weighted by Crippen LogP contribution is 2.60. The number of nitrogens with one attached hydrogen (secondary N) is 1. The van der Waals surface area contributed by atoms with Crippen LogP contribution in [0.1, 0.15) is 75.3 Å². The molecule has 6 aliphatic rings. The smallest absolute Gasteiger partial charge is 0.247 e. The second kappa shape index (κ2) is 11.2. The van der Waals surface area contributed by atoms with E-state index in [0.29, 0.717) is 47.6 Å². The maximum absolute atomic E-state index is 13.8. The van der Waals surface area contributed by atoms with Gasteiger partial charge in [0.15, 0.2) is 11.5 Å². The van der Waals surface area contributed by atoms with Gasteiger partial charge in [0.1, 0.15) is 12.2 Å². The van der Waals surface area contributed by atoms with Crippen molar-refractivity contribution in [3.63, 3.8) is 0 Å². The Labute approximate surface area is 241 Å². The van der Waals surface area contributed by atoms with E-state index in [0.717, 1.165) is 37.0 Å². The summed E-state index contributed by atoms with van der Waals surface area (Å²) in [5, 5.41) is 34.0. The quantitative estimate of drug-likeness (QED) is 0.342. The molecular formula is C32H44N2O7. The first-order valence-corrected chi connectivity index (χ1v) is 15.4. The normalized spacial score (nSPS) is 34.4. The van der Waals surface area contributed by atoms with Crippen molar-refractivity contribution < 1.29 is 34.4 Å². The molecule has 4 saturated carbocycles. The van der Waals surface area contributed by atoms with Gasteiger partial charge in [-0.25, -0.2) is 0 Å². The Kier molecular flexibility index (Phi) is 7.80. The number of carbonyl (C=O) groups is 2. The SMILES string of the molecule is CCCC(=O)N(CC12CC3CC(CC(C3)C1)C2)C1C=C(C(=O)NCCO)C2c3cc(CO)cc(OC)c3OC2C1O. The van der Waals surface area contributed by atoms with Crippen LogP contribution in [0.3, 0.4) is 0 Å². The van der Waals surface area contributed by atoms with Crippen LogP contribution in [0.5, 0.6) is 11.5 Å². The van der Waals surface area contributed by atoms with Crippen LogP contribution in [0.4, 0.5) is 0 Å². The molecule has 4 fully saturated rings. The largest absolute Gasteiger partial charge is 0.493 e. The van der Waals surface area contributed by atoms with Crippen LogP contribution in [-0.4, -0.2) is 77.1 Å². The van der Waals surface area contributed by atoms with Gasteiger partial charge < -0.3 is 35.0 Å². The van der Waals surface area contributed by atoms with Crippen molar-refractivity contribution >= 4 is 11.8 Å². The summed E-state index contributed by atoms with van der Waals surface area (Å²) in [5.41, 5.74) is 1.72. The van der Waals surface area contributed by atoms with Gasteiger partial charge in [0.25, 0.3) is 0 Å². The van der Waals surface area contributed by atoms with E-state index in [4.69, 9.17) is 9.47 Å². The van der Waals surface area contributed by atoms with Gasteiger partial charge in [-0.15, -0.1) is 0 Å². The number of carbonyl (C=O) groups excluding carboxylic acids is 2. The fourth-order valence-electron chi connectivity index (χ4n) is 9.18. The summed E-state index contributed by atoms with van der Waals surface area (Å²) < 4.78 is 11.9. The number of aliphatic hydroxyl groups excluding tert-OH is 3. The average molecular weight is 569 g/mol. The number of nitrogens with zero attached hydrogens (tertiary/aromatic N) is 1. The van der Waals surface area contributed by atoms with E-state index in [2.05, 4.69) is 5.32 Å². The number of aliphatic hydroxyl groups is 3.